The molecule has 0 saturated carbocycles. The van der Waals surface area contributed by atoms with E-state index in [4.69, 9.17) is 5.73 Å². The van der Waals surface area contributed by atoms with Crippen molar-refractivity contribution in [3.05, 3.63) is 28.2 Å². The number of carbonyl (C=O) groups is 1. The first kappa shape index (κ1) is 15.4. The molecule has 1 aliphatic rings. The lowest BCUT2D eigenvalue weighted by molar-refractivity contribution is 0.1000. The molecule has 0 spiro atoms. The van der Waals surface area contributed by atoms with E-state index in [1.54, 1.807) is 0 Å². The largest absolute Gasteiger partial charge is 0.366 e. The van der Waals surface area contributed by atoms with Crippen molar-refractivity contribution >= 4 is 31.9 Å². The van der Waals surface area contributed by atoms with Crippen molar-refractivity contribution in [3.8, 4) is 0 Å². The summed E-state index contributed by atoms with van der Waals surface area (Å²) in [6.45, 7) is 2.31. The van der Waals surface area contributed by atoms with E-state index in [9.17, 15) is 13.2 Å². The van der Waals surface area contributed by atoms with Crippen molar-refractivity contribution in [2.75, 3.05) is 26.2 Å². The van der Waals surface area contributed by atoms with Crippen LogP contribution in [0.2, 0.25) is 0 Å². The first-order valence-electron chi connectivity index (χ1n) is 6.22. The third kappa shape index (κ3) is 3.38. The van der Waals surface area contributed by atoms with Gasteiger partial charge in [-0.25, -0.2) is 8.42 Å². The van der Waals surface area contributed by atoms with Crippen LogP contribution in [0.25, 0.3) is 0 Å². The number of carbonyl (C=O) groups excluding carboxylic acids is 1. The summed E-state index contributed by atoms with van der Waals surface area (Å²) >= 11 is 3.21. The van der Waals surface area contributed by atoms with Gasteiger partial charge in [-0.1, -0.05) is 15.9 Å². The Bertz CT molecular complexity index is 610. The number of nitrogens with two attached hydrogens (primary N) is 1. The third-order valence-corrected chi connectivity index (χ3v) is 5.43. The van der Waals surface area contributed by atoms with Gasteiger partial charge in [0, 0.05) is 29.7 Å². The standard InChI is InChI=1S/C12H16BrN3O3S/c13-10-6-9(12(14)17)7-11(8-10)20(18,19)16-4-1-2-15-3-5-16/h6-8,15H,1-5H2,(H2,14,17). The molecule has 1 saturated heterocycles. The van der Waals surface area contributed by atoms with Crippen molar-refractivity contribution in [2.45, 2.75) is 11.3 Å². The van der Waals surface area contributed by atoms with Gasteiger partial charge in [0.15, 0.2) is 0 Å². The summed E-state index contributed by atoms with van der Waals surface area (Å²) in [4.78, 5) is 11.3. The fourth-order valence-corrected chi connectivity index (χ4v) is 4.26. The first-order chi connectivity index (χ1) is 9.41. The SMILES string of the molecule is NC(=O)c1cc(Br)cc(S(=O)(=O)N2CCCNCC2)c1. The molecule has 1 aliphatic heterocycles. The van der Waals surface area contributed by atoms with Gasteiger partial charge in [0.25, 0.3) is 0 Å². The zero-order chi connectivity index (χ0) is 14.8. The van der Waals surface area contributed by atoms with Crippen LogP contribution in [0, 0.1) is 0 Å². The Kier molecular flexibility index (Phi) is 4.79. The number of sulfonamides is 1. The number of hydrogen-bond acceptors (Lipinski definition) is 4. The van der Waals surface area contributed by atoms with Crippen LogP contribution in [0.15, 0.2) is 27.6 Å². The van der Waals surface area contributed by atoms with Crippen LogP contribution >= 0.6 is 15.9 Å². The zero-order valence-corrected chi connectivity index (χ0v) is 13.2. The molecule has 0 bridgehead atoms. The molecule has 1 aromatic rings. The van der Waals surface area contributed by atoms with E-state index in [1.807, 2.05) is 0 Å². The minimum Gasteiger partial charge on any atom is -0.366 e. The summed E-state index contributed by atoms with van der Waals surface area (Å²) in [6, 6.07) is 4.31. The average molecular weight is 362 g/mol. The lowest BCUT2D eigenvalue weighted by Crippen LogP contribution is -2.34. The molecule has 1 aromatic carbocycles. The van der Waals surface area contributed by atoms with Crippen LogP contribution < -0.4 is 11.1 Å². The smallest absolute Gasteiger partial charge is 0.248 e. The molecule has 3 N–H and O–H groups in total. The third-order valence-electron chi connectivity index (χ3n) is 3.09. The normalized spacial score (nSPS) is 17.6. The Morgan fingerprint density at radius 1 is 1.25 bits per heavy atom. The van der Waals surface area contributed by atoms with Gasteiger partial charge in [0.2, 0.25) is 15.9 Å². The van der Waals surface area contributed by atoms with Gasteiger partial charge in [-0.2, -0.15) is 4.31 Å². The number of halogens is 1. The number of rotatable bonds is 3. The summed E-state index contributed by atoms with van der Waals surface area (Å²) < 4.78 is 27.1. The van der Waals surface area contributed by atoms with E-state index in [0.717, 1.165) is 13.0 Å². The predicted molar refractivity (Wildman–Crippen MR) is 78.9 cm³/mol. The molecule has 0 aromatic heterocycles. The average Bonchev–Trinajstić information content (AvgIpc) is 2.67. The molecule has 1 amide bonds. The fraction of sp³-hybridized carbons (Fsp3) is 0.417. The summed E-state index contributed by atoms with van der Waals surface area (Å²) in [6.07, 6.45) is 0.760. The number of primary amides is 1. The van der Waals surface area contributed by atoms with Crippen LogP contribution in [0.3, 0.4) is 0 Å². The van der Waals surface area contributed by atoms with Crippen LogP contribution in [-0.2, 0) is 10.0 Å². The Morgan fingerprint density at radius 2 is 2.00 bits per heavy atom. The predicted octanol–water partition coefficient (Wildman–Crippen LogP) is 0.532. The summed E-state index contributed by atoms with van der Waals surface area (Å²) in [5, 5.41) is 3.15. The molecule has 0 aliphatic carbocycles. The van der Waals surface area contributed by atoms with E-state index in [2.05, 4.69) is 21.2 Å². The number of amides is 1. The number of benzene rings is 1. The van der Waals surface area contributed by atoms with E-state index < -0.39 is 15.9 Å². The highest BCUT2D eigenvalue weighted by atomic mass is 79.9. The highest BCUT2D eigenvalue weighted by Crippen LogP contribution is 2.23. The van der Waals surface area contributed by atoms with Gasteiger partial charge >= 0.3 is 0 Å². The molecule has 1 heterocycles. The number of hydrogen-bond donors (Lipinski definition) is 2. The highest BCUT2D eigenvalue weighted by molar-refractivity contribution is 9.10. The first-order valence-corrected chi connectivity index (χ1v) is 8.46. The van der Waals surface area contributed by atoms with Crippen molar-refractivity contribution in [2.24, 2.45) is 5.73 Å². The summed E-state index contributed by atoms with van der Waals surface area (Å²) in [5.41, 5.74) is 5.39. The highest BCUT2D eigenvalue weighted by Gasteiger charge is 2.26. The fourth-order valence-electron chi connectivity index (χ4n) is 2.06. The Labute approximate surface area is 126 Å². The quantitative estimate of drug-likeness (QED) is 0.821. The topological polar surface area (TPSA) is 92.5 Å². The maximum atomic E-state index is 12.6. The maximum Gasteiger partial charge on any atom is 0.248 e. The van der Waals surface area contributed by atoms with Crippen molar-refractivity contribution in [1.29, 1.82) is 0 Å². The number of nitrogens with zero attached hydrogens (tertiary/aromatic N) is 1. The monoisotopic (exact) mass is 361 g/mol. The number of nitrogens with one attached hydrogen (secondary N) is 1. The minimum absolute atomic E-state index is 0.0857. The maximum absolute atomic E-state index is 12.6. The van der Waals surface area contributed by atoms with Gasteiger partial charge in [-0.05, 0) is 31.2 Å². The lowest BCUT2D eigenvalue weighted by atomic mass is 10.2. The molecule has 0 atom stereocenters. The van der Waals surface area contributed by atoms with Crippen molar-refractivity contribution in [3.63, 3.8) is 0 Å². The van der Waals surface area contributed by atoms with Gasteiger partial charge < -0.3 is 11.1 Å². The van der Waals surface area contributed by atoms with Crippen LogP contribution in [0.5, 0.6) is 0 Å². The van der Waals surface area contributed by atoms with Crippen molar-refractivity contribution < 1.29 is 13.2 Å². The molecule has 6 nitrogen and oxygen atoms in total. The van der Waals surface area contributed by atoms with Crippen LogP contribution in [0.1, 0.15) is 16.8 Å². The molecule has 0 unspecified atom stereocenters. The molecule has 2 rings (SSSR count). The van der Waals surface area contributed by atoms with Gasteiger partial charge in [-0.15, -0.1) is 0 Å². The molecular formula is C12H16BrN3O3S. The second-order valence-corrected chi connectivity index (χ2v) is 7.40. The Hall–Kier alpha value is -0.960. The van der Waals surface area contributed by atoms with Crippen molar-refractivity contribution in [1.82, 2.24) is 9.62 Å². The second-order valence-electron chi connectivity index (χ2n) is 4.55. The summed E-state index contributed by atoms with van der Waals surface area (Å²) in [5.74, 6) is -0.653. The van der Waals surface area contributed by atoms with E-state index in [1.165, 1.54) is 22.5 Å². The Balaban J connectivity index is 2.40. The van der Waals surface area contributed by atoms with E-state index in [0.29, 0.717) is 24.1 Å². The van der Waals surface area contributed by atoms with Crippen LogP contribution in [-0.4, -0.2) is 44.8 Å². The molecule has 8 heteroatoms. The molecule has 110 valence electrons. The molecular weight excluding hydrogens is 346 g/mol. The molecule has 20 heavy (non-hydrogen) atoms. The van der Waals surface area contributed by atoms with Gasteiger partial charge in [0.1, 0.15) is 0 Å². The zero-order valence-electron chi connectivity index (χ0n) is 10.8. The van der Waals surface area contributed by atoms with Gasteiger partial charge in [-0.3, -0.25) is 4.79 Å². The second kappa shape index (κ2) is 6.21. The molecule has 0 radical (unpaired) electrons. The van der Waals surface area contributed by atoms with E-state index in [-0.39, 0.29) is 10.5 Å². The Morgan fingerprint density at radius 3 is 2.70 bits per heavy atom. The minimum atomic E-state index is -3.61. The lowest BCUT2D eigenvalue weighted by Gasteiger charge is -2.20. The summed E-state index contributed by atoms with van der Waals surface area (Å²) in [7, 11) is -3.61. The van der Waals surface area contributed by atoms with Gasteiger partial charge in [0.05, 0.1) is 4.90 Å². The van der Waals surface area contributed by atoms with Crippen LogP contribution in [0.4, 0.5) is 0 Å². The molecule has 1 fully saturated rings. The van der Waals surface area contributed by atoms with E-state index >= 15 is 0 Å².